The third-order valence-corrected chi connectivity index (χ3v) is 2.65. The number of ether oxygens (including phenoxy) is 1. The van der Waals surface area contributed by atoms with Gasteiger partial charge in [-0.2, -0.15) is 0 Å². The Hall–Kier alpha value is -2.54. The second-order valence-corrected chi connectivity index (χ2v) is 4.14. The number of hydrogen-bond donors (Lipinski definition) is 1. The van der Waals surface area contributed by atoms with Gasteiger partial charge >= 0.3 is 5.69 Å². The van der Waals surface area contributed by atoms with Crippen LogP contribution in [0.3, 0.4) is 0 Å². The number of benzene rings is 1. The van der Waals surface area contributed by atoms with Crippen molar-refractivity contribution >= 4 is 5.69 Å². The number of nitro groups is 1. The first-order chi connectivity index (χ1) is 9.51. The first-order valence-corrected chi connectivity index (χ1v) is 5.78. The molecule has 104 valence electrons. The molecule has 0 saturated heterocycles. The molecule has 2 N–H and O–H groups in total. The first kappa shape index (κ1) is 13.9. The van der Waals surface area contributed by atoms with Gasteiger partial charge < -0.3 is 10.5 Å². The molecule has 0 spiro atoms. The van der Waals surface area contributed by atoms with Crippen molar-refractivity contribution in [3.8, 4) is 11.6 Å². The van der Waals surface area contributed by atoms with E-state index in [0.717, 1.165) is 23.8 Å². The number of nitro benzene ring substituents is 1. The van der Waals surface area contributed by atoms with Gasteiger partial charge in [0.2, 0.25) is 11.6 Å². The van der Waals surface area contributed by atoms with Crippen LogP contribution < -0.4 is 10.5 Å². The normalized spacial score (nSPS) is 10.3. The molecule has 2 aromatic rings. The van der Waals surface area contributed by atoms with Crippen molar-refractivity contribution in [2.45, 2.75) is 13.5 Å². The molecular weight excluding hydrogens is 265 g/mol. The first-order valence-electron chi connectivity index (χ1n) is 5.78. The largest absolute Gasteiger partial charge is 0.431 e. The van der Waals surface area contributed by atoms with Gasteiger partial charge in [0.25, 0.3) is 0 Å². The average Bonchev–Trinajstić information content (AvgIpc) is 2.40. The van der Waals surface area contributed by atoms with Crippen LogP contribution in [0.4, 0.5) is 10.1 Å². The topological polar surface area (TPSA) is 91.3 Å². The van der Waals surface area contributed by atoms with Crippen LogP contribution in [0.25, 0.3) is 0 Å². The Morgan fingerprint density at radius 1 is 1.45 bits per heavy atom. The Labute approximate surface area is 114 Å². The van der Waals surface area contributed by atoms with E-state index in [9.17, 15) is 14.5 Å². The van der Waals surface area contributed by atoms with Gasteiger partial charge in [-0.05, 0) is 24.6 Å². The maximum atomic E-state index is 13.2. The van der Waals surface area contributed by atoms with Crippen molar-refractivity contribution in [2.24, 2.45) is 5.73 Å². The molecule has 0 atom stereocenters. The lowest BCUT2D eigenvalue weighted by molar-refractivity contribution is -0.385. The number of aromatic nitrogens is 1. The molecule has 2 rings (SSSR count). The second-order valence-electron chi connectivity index (χ2n) is 4.14. The van der Waals surface area contributed by atoms with E-state index < -0.39 is 10.7 Å². The Kier molecular flexibility index (Phi) is 3.90. The minimum absolute atomic E-state index is 0.177. The molecule has 0 aliphatic heterocycles. The number of nitrogens with zero attached hydrogens (tertiary/aromatic N) is 2. The van der Waals surface area contributed by atoms with Crippen LogP contribution in [0.5, 0.6) is 11.6 Å². The number of pyridine rings is 1. The fourth-order valence-electron chi connectivity index (χ4n) is 1.66. The minimum atomic E-state index is -0.641. The molecule has 0 amide bonds. The lowest BCUT2D eigenvalue weighted by Crippen LogP contribution is -2.00. The molecule has 0 saturated carbocycles. The molecule has 0 fully saturated rings. The zero-order valence-corrected chi connectivity index (χ0v) is 10.7. The molecule has 0 radical (unpaired) electrons. The number of halogens is 1. The fourth-order valence-corrected chi connectivity index (χ4v) is 1.66. The van der Waals surface area contributed by atoms with Crippen LogP contribution in [-0.2, 0) is 6.54 Å². The standard InChI is InChI=1S/C13H12FN3O3/c1-8-4-9(6-15)7-16-13(8)20-12-5-10(14)2-3-11(12)17(18)19/h2-5,7H,6,15H2,1H3. The van der Waals surface area contributed by atoms with E-state index in [1.807, 2.05) is 0 Å². The molecule has 0 bridgehead atoms. The lowest BCUT2D eigenvalue weighted by Gasteiger charge is -2.09. The molecule has 0 aliphatic rings. The van der Waals surface area contributed by atoms with Gasteiger partial charge in [-0.25, -0.2) is 9.37 Å². The average molecular weight is 277 g/mol. The van der Waals surface area contributed by atoms with Crippen LogP contribution in [0.2, 0.25) is 0 Å². The lowest BCUT2D eigenvalue weighted by atomic mass is 10.2. The minimum Gasteiger partial charge on any atom is -0.431 e. The summed E-state index contributed by atoms with van der Waals surface area (Å²) in [5.74, 6) is -0.635. The summed E-state index contributed by atoms with van der Waals surface area (Å²) in [5.41, 5.74) is 6.63. The Bertz CT molecular complexity index is 661. The van der Waals surface area contributed by atoms with E-state index in [0.29, 0.717) is 12.1 Å². The maximum Gasteiger partial charge on any atom is 0.311 e. The molecule has 7 heteroatoms. The maximum absolute atomic E-state index is 13.2. The van der Waals surface area contributed by atoms with Gasteiger partial charge in [0, 0.05) is 30.4 Å². The van der Waals surface area contributed by atoms with Crippen molar-refractivity contribution in [2.75, 3.05) is 0 Å². The van der Waals surface area contributed by atoms with Crippen LogP contribution >= 0.6 is 0 Å². The highest BCUT2D eigenvalue weighted by Crippen LogP contribution is 2.32. The summed E-state index contributed by atoms with van der Waals surface area (Å²) in [4.78, 5) is 14.3. The predicted octanol–water partition coefficient (Wildman–Crippen LogP) is 2.69. The third-order valence-electron chi connectivity index (χ3n) is 2.65. The molecule has 0 unspecified atom stereocenters. The Morgan fingerprint density at radius 3 is 2.80 bits per heavy atom. The Morgan fingerprint density at radius 2 is 2.20 bits per heavy atom. The molecule has 1 heterocycles. The van der Waals surface area contributed by atoms with E-state index in [1.54, 1.807) is 13.0 Å². The van der Waals surface area contributed by atoms with Gasteiger partial charge in [0.15, 0.2) is 0 Å². The fraction of sp³-hybridized carbons (Fsp3) is 0.154. The van der Waals surface area contributed by atoms with Crippen molar-refractivity contribution < 1.29 is 14.1 Å². The van der Waals surface area contributed by atoms with Crippen LogP contribution in [-0.4, -0.2) is 9.91 Å². The monoisotopic (exact) mass is 277 g/mol. The van der Waals surface area contributed by atoms with Gasteiger partial charge in [0.05, 0.1) is 4.92 Å². The van der Waals surface area contributed by atoms with Gasteiger partial charge in [-0.15, -0.1) is 0 Å². The molecule has 1 aromatic heterocycles. The van der Waals surface area contributed by atoms with Crippen molar-refractivity contribution in [3.05, 3.63) is 57.5 Å². The van der Waals surface area contributed by atoms with Crippen LogP contribution in [0, 0.1) is 22.9 Å². The second kappa shape index (κ2) is 5.62. The quantitative estimate of drug-likeness (QED) is 0.685. The van der Waals surface area contributed by atoms with E-state index >= 15 is 0 Å². The highest BCUT2D eigenvalue weighted by Gasteiger charge is 2.18. The summed E-state index contributed by atoms with van der Waals surface area (Å²) in [6.07, 6.45) is 1.51. The summed E-state index contributed by atoms with van der Waals surface area (Å²) < 4.78 is 18.5. The number of hydrogen-bond acceptors (Lipinski definition) is 5. The van der Waals surface area contributed by atoms with Crippen molar-refractivity contribution in [1.29, 1.82) is 0 Å². The Balaban J connectivity index is 2.39. The zero-order chi connectivity index (χ0) is 14.7. The van der Waals surface area contributed by atoms with Gasteiger partial charge in [-0.3, -0.25) is 10.1 Å². The summed E-state index contributed by atoms with van der Waals surface area (Å²) in [5, 5.41) is 10.9. The molecule has 0 aliphatic carbocycles. The SMILES string of the molecule is Cc1cc(CN)cnc1Oc1cc(F)ccc1[N+](=O)[O-]. The summed E-state index contributed by atoms with van der Waals surface area (Å²) in [7, 11) is 0. The number of nitrogens with two attached hydrogens (primary N) is 1. The van der Waals surface area contributed by atoms with Crippen molar-refractivity contribution in [3.63, 3.8) is 0 Å². The molecule has 1 aromatic carbocycles. The van der Waals surface area contributed by atoms with E-state index in [-0.39, 0.29) is 17.3 Å². The van der Waals surface area contributed by atoms with E-state index in [1.165, 1.54) is 6.20 Å². The zero-order valence-electron chi connectivity index (χ0n) is 10.7. The van der Waals surface area contributed by atoms with E-state index in [2.05, 4.69) is 4.98 Å². The molecule has 20 heavy (non-hydrogen) atoms. The van der Waals surface area contributed by atoms with Crippen molar-refractivity contribution in [1.82, 2.24) is 4.98 Å². The highest BCUT2D eigenvalue weighted by molar-refractivity contribution is 5.48. The predicted molar refractivity (Wildman–Crippen MR) is 70.0 cm³/mol. The number of aryl methyl sites for hydroxylation is 1. The van der Waals surface area contributed by atoms with E-state index in [4.69, 9.17) is 10.5 Å². The summed E-state index contributed by atoms with van der Waals surface area (Å²) in [6, 6.07) is 4.76. The summed E-state index contributed by atoms with van der Waals surface area (Å²) >= 11 is 0. The van der Waals surface area contributed by atoms with Crippen LogP contribution in [0.1, 0.15) is 11.1 Å². The van der Waals surface area contributed by atoms with Gasteiger partial charge in [0.1, 0.15) is 5.82 Å². The smallest absolute Gasteiger partial charge is 0.311 e. The number of rotatable bonds is 4. The van der Waals surface area contributed by atoms with Crippen LogP contribution in [0.15, 0.2) is 30.5 Å². The third kappa shape index (κ3) is 2.89. The molecular formula is C13H12FN3O3. The summed E-state index contributed by atoms with van der Waals surface area (Å²) in [6.45, 7) is 2.06. The van der Waals surface area contributed by atoms with Gasteiger partial charge in [-0.1, -0.05) is 0 Å². The molecule has 6 nitrogen and oxygen atoms in total. The highest BCUT2D eigenvalue weighted by atomic mass is 19.1.